The molecule has 1 atom stereocenters. The maximum Gasteiger partial charge on any atom is 0.225 e. The average Bonchev–Trinajstić information content (AvgIpc) is 3.24. The molecule has 0 aromatic carbocycles. The third-order valence-corrected chi connectivity index (χ3v) is 5.14. The summed E-state index contributed by atoms with van der Waals surface area (Å²) in [6.45, 7) is 1.70. The first kappa shape index (κ1) is 13.7. The van der Waals surface area contributed by atoms with Crippen LogP contribution in [0, 0.1) is 5.92 Å². The highest BCUT2D eigenvalue weighted by atomic mass is 16.2. The van der Waals surface area contributed by atoms with Gasteiger partial charge in [-0.3, -0.25) is 9.20 Å². The van der Waals surface area contributed by atoms with Crippen molar-refractivity contribution in [1.82, 2.24) is 19.5 Å². The Morgan fingerprint density at radius 1 is 1.09 bits per heavy atom. The standard InChI is InChI=1S/C17H22N4O/c22-17(13-6-1-2-7-13)20-10-5-8-14(12-20)16-19-18-15-9-3-4-11-21(15)16/h3-4,9,11,13-14H,1-2,5-8,10,12H2. The molecule has 3 heterocycles. The number of carbonyl (C=O) groups is 1. The molecule has 2 fully saturated rings. The summed E-state index contributed by atoms with van der Waals surface area (Å²) in [7, 11) is 0. The van der Waals surface area contributed by atoms with E-state index in [0.29, 0.717) is 11.8 Å². The van der Waals surface area contributed by atoms with Crippen molar-refractivity contribution < 1.29 is 4.79 Å². The molecular weight excluding hydrogens is 276 g/mol. The fraction of sp³-hybridized carbons (Fsp3) is 0.588. The minimum absolute atomic E-state index is 0.272. The molecule has 22 heavy (non-hydrogen) atoms. The molecule has 1 saturated heterocycles. The van der Waals surface area contributed by atoms with Crippen LogP contribution in [0.4, 0.5) is 0 Å². The molecule has 1 amide bonds. The van der Waals surface area contributed by atoms with E-state index >= 15 is 0 Å². The highest BCUT2D eigenvalue weighted by Crippen LogP contribution is 2.31. The van der Waals surface area contributed by atoms with Gasteiger partial charge in [0.2, 0.25) is 5.91 Å². The van der Waals surface area contributed by atoms with Crippen LogP contribution in [0.25, 0.3) is 5.65 Å². The van der Waals surface area contributed by atoms with Gasteiger partial charge in [-0.15, -0.1) is 10.2 Å². The summed E-state index contributed by atoms with van der Waals surface area (Å²) in [6, 6.07) is 5.95. The van der Waals surface area contributed by atoms with E-state index in [1.807, 2.05) is 24.4 Å². The fourth-order valence-electron chi connectivity index (χ4n) is 3.96. The summed E-state index contributed by atoms with van der Waals surface area (Å²) in [6.07, 6.45) is 8.74. The Morgan fingerprint density at radius 2 is 1.95 bits per heavy atom. The SMILES string of the molecule is O=C(C1CCCC1)N1CCCC(c2nnc3ccccn23)C1. The molecule has 0 spiro atoms. The largest absolute Gasteiger partial charge is 0.342 e. The van der Waals surface area contributed by atoms with E-state index in [1.165, 1.54) is 12.8 Å². The van der Waals surface area contributed by atoms with Gasteiger partial charge in [0, 0.05) is 31.1 Å². The number of rotatable bonds is 2. The zero-order chi connectivity index (χ0) is 14.9. The average molecular weight is 298 g/mol. The number of piperidine rings is 1. The summed E-state index contributed by atoms with van der Waals surface area (Å²) in [5, 5.41) is 8.64. The molecular formula is C17H22N4O. The number of aromatic nitrogens is 3. The van der Waals surface area contributed by atoms with E-state index in [0.717, 1.165) is 50.2 Å². The predicted molar refractivity (Wildman–Crippen MR) is 83.5 cm³/mol. The highest BCUT2D eigenvalue weighted by Gasteiger charge is 2.32. The number of hydrogen-bond donors (Lipinski definition) is 0. The topological polar surface area (TPSA) is 50.5 Å². The van der Waals surface area contributed by atoms with Crippen LogP contribution in [-0.2, 0) is 4.79 Å². The number of pyridine rings is 1. The quantitative estimate of drug-likeness (QED) is 0.856. The third kappa shape index (κ3) is 2.38. The normalized spacial score (nSPS) is 23.3. The summed E-state index contributed by atoms with van der Waals surface area (Å²) < 4.78 is 2.06. The van der Waals surface area contributed by atoms with Crippen LogP contribution in [0.1, 0.15) is 50.3 Å². The molecule has 2 aliphatic rings. The molecule has 1 saturated carbocycles. The Hall–Kier alpha value is -1.91. The minimum atomic E-state index is 0.272. The number of nitrogens with zero attached hydrogens (tertiary/aromatic N) is 4. The van der Waals surface area contributed by atoms with Crippen molar-refractivity contribution in [3.05, 3.63) is 30.2 Å². The Kier molecular flexibility index (Phi) is 3.56. The van der Waals surface area contributed by atoms with Crippen LogP contribution in [0.2, 0.25) is 0 Å². The molecule has 0 radical (unpaired) electrons. The Balaban J connectivity index is 1.54. The Bertz CT molecular complexity index is 674. The minimum Gasteiger partial charge on any atom is -0.342 e. The van der Waals surface area contributed by atoms with Gasteiger partial charge < -0.3 is 4.90 Å². The first-order valence-electron chi connectivity index (χ1n) is 8.41. The molecule has 0 N–H and O–H groups in total. The van der Waals surface area contributed by atoms with Gasteiger partial charge in [-0.2, -0.15) is 0 Å². The monoisotopic (exact) mass is 298 g/mol. The van der Waals surface area contributed by atoms with Crippen molar-refractivity contribution in [2.24, 2.45) is 5.92 Å². The predicted octanol–water partition coefficient (Wildman–Crippen LogP) is 2.63. The van der Waals surface area contributed by atoms with Crippen molar-refractivity contribution in [2.75, 3.05) is 13.1 Å². The van der Waals surface area contributed by atoms with Crippen LogP contribution in [0.15, 0.2) is 24.4 Å². The Morgan fingerprint density at radius 3 is 2.82 bits per heavy atom. The first-order chi connectivity index (χ1) is 10.8. The van der Waals surface area contributed by atoms with Crippen LogP contribution in [-0.4, -0.2) is 38.5 Å². The van der Waals surface area contributed by atoms with Gasteiger partial charge in [-0.05, 0) is 37.8 Å². The maximum absolute atomic E-state index is 12.7. The lowest BCUT2D eigenvalue weighted by Gasteiger charge is -2.33. The maximum atomic E-state index is 12.7. The zero-order valence-corrected chi connectivity index (χ0v) is 12.8. The number of fused-ring (bicyclic) bond motifs is 1. The van der Waals surface area contributed by atoms with Crippen molar-refractivity contribution in [3.8, 4) is 0 Å². The lowest BCUT2D eigenvalue weighted by Crippen LogP contribution is -2.42. The zero-order valence-electron chi connectivity index (χ0n) is 12.8. The molecule has 1 unspecified atom stereocenters. The third-order valence-electron chi connectivity index (χ3n) is 5.14. The summed E-state index contributed by atoms with van der Waals surface area (Å²) in [5.74, 6) is 1.95. The van der Waals surface area contributed by atoms with E-state index in [-0.39, 0.29) is 5.92 Å². The second-order valence-corrected chi connectivity index (χ2v) is 6.59. The fourth-order valence-corrected chi connectivity index (χ4v) is 3.96. The summed E-state index contributed by atoms with van der Waals surface area (Å²) >= 11 is 0. The summed E-state index contributed by atoms with van der Waals surface area (Å²) in [5.41, 5.74) is 0.886. The van der Waals surface area contributed by atoms with Crippen LogP contribution < -0.4 is 0 Å². The van der Waals surface area contributed by atoms with Gasteiger partial charge >= 0.3 is 0 Å². The summed E-state index contributed by atoms with van der Waals surface area (Å²) in [4.78, 5) is 14.7. The second kappa shape index (κ2) is 5.71. The molecule has 2 aromatic heterocycles. The molecule has 2 aromatic rings. The lowest BCUT2D eigenvalue weighted by atomic mass is 9.95. The molecule has 4 rings (SSSR count). The molecule has 116 valence electrons. The van der Waals surface area contributed by atoms with E-state index in [1.54, 1.807) is 0 Å². The van der Waals surface area contributed by atoms with Crippen molar-refractivity contribution >= 4 is 11.6 Å². The molecule has 0 bridgehead atoms. The lowest BCUT2D eigenvalue weighted by molar-refractivity contribution is -0.136. The Labute approximate surface area is 130 Å². The second-order valence-electron chi connectivity index (χ2n) is 6.59. The smallest absolute Gasteiger partial charge is 0.225 e. The van der Waals surface area contributed by atoms with Crippen molar-refractivity contribution in [2.45, 2.75) is 44.4 Å². The van der Waals surface area contributed by atoms with E-state index in [4.69, 9.17) is 0 Å². The van der Waals surface area contributed by atoms with E-state index in [2.05, 4.69) is 19.5 Å². The number of carbonyl (C=O) groups excluding carboxylic acids is 1. The highest BCUT2D eigenvalue weighted by molar-refractivity contribution is 5.79. The van der Waals surface area contributed by atoms with Crippen LogP contribution >= 0.6 is 0 Å². The van der Waals surface area contributed by atoms with Gasteiger partial charge in [0.05, 0.1) is 0 Å². The van der Waals surface area contributed by atoms with Crippen molar-refractivity contribution in [1.29, 1.82) is 0 Å². The van der Waals surface area contributed by atoms with Gasteiger partial charge in [0.1, 0.15) is 5.82 Å². The molecule has 1 aliphatic carbocycles. The van der Waals surface area contributed by atoms with Gasteiger partial charge in [-0.1, -0.05) is 18.9 Å². The van der Waals surface area contributed by atoms with Gasteiger partial charge in [-0.25, -0.2) is 0 Å². The number of amides is 1. The van der Waals surface area contributed by atoms with Crippen LogP contribution in [0.3, 0.4) is 0 Å². The van der Waals surface area contributed by atoms with Crippen molar-refractivity contribution in [3.63, 3.8) is 0 Å². The first-order valence-corrected chi connectivity index (χ1v) is 8.41. The molecule has 5 heteroatoms. The van der Waals surface area contributed by atoms with E-state index < -0.39 is 0 Å². The van der Waals surface area contributed by atoms with E-state index in [9.17, 15) is 4.79 Å². The van der Waals surface area contributed by atoms with Crippen LogP contribution in [0.5, 0.6) is 0 Å². The number of hydrogen-bond acceptors (Lipinski definition) is 3. The molecule has 1 aliphatic heterocycles. The molecule has 5 nitrogen and oxygen atoms in total. The van der Waals surface area contributed by atoms with Gasteiger partial charge in [0.15, 0.2) is 5.65 Å². The number of likely N-dealkylation sites (tertiary alicyclic amines) is 1. The van der Waals surface area contributed by atoms with Gasteiger partial charge in [0.25, 0.3) is 0 Å².